The van der Waals surface area contributed by atoms with Crippen molar-refractivity contribution in [2.24, 2.45) is 5.92 Å². The van der Waals surface area contributed by atoms with Gasteiger partial charge in [0.2, 0.25) is 0 Å². The van der Waals surface area contributed by atoms with Crippen LogP contribution in [0.3, 0.4) is 0 Å². The van der Waals surface area contributed by atoms with E-state index in [0.29, 0.717) is 5.78 Å². The van der Waals surface area contributed by atoms with Crippen LogP contribution in [0, 0.1) is 5.92 Å². The molecular formula is C19H20O2. The van der Waals surface area contributed by atoms with E-state index in [1.165, 1.54) is 11.1 Å². The highest BCUT2D eigenvalue weighted by Crippen LogP contribution is 2.44. The second-order valence-electron chi connectivity index (χ2n) is 5.60. The molecule has 0 N–H and O–H groups in total. The third-order valence-corrected chi connectivity index (χ3v) is 4.38. The van der Waals surface area contributed by atoms with Crippen LogP contribution in [0.5, 0.6) is 5.75 Å². The number of hydrogen-bond acceptors (Lipinski definition) is 2. The normalized spacial score (nSPS) is 20.4. The number of carbonyl (C=O) groups is 1. The lowest BCUT2D eigenvalue weighted by atomic mass is 9.83. The molecule has 108 valence electrons. The molecule has 2 heteroatoms. The van der Waals surface area contributed by atoms with Crippen LogP contribution in [0.15, 0.2) is 48.5 Å². The van der Waals surface area contributed by atoms with Crippen molar-refractivity contribution in [3.05, 3.63) is 65.2 Å². The van der Waals surface area contributed by atoms with Crippen LogP contribution in [-0.4, -0.2) is 12.9 Å². The Hall–Kier alpha value is -2.09. The topological polar surface area (TPSA) is 26.3 Å². The first-order valence-corrected chi connectivity index (χ1v) is 7.53. The predicted molar refractivity (Wildman–Crippen MR) is 84.0 cm³/mol. The van der Waals surface area contributed by atoms with Crippen molar-refractivity contribution in [1.29, 1.82) is 0 Å². The van der Waals surface area contributed by atoms with Crippen molar-refractivity contribution < 1.29 is 9.53 Å². The van der Waals surface area contributed by atoms with Crippen molar-refractivity contribution >= 4 is 5.78 Å². The summed E-state index contributed by atoms with van der Waals surface area (Å²) < 4.78 is 5.23. The average Bonchev–Trinajstić information content (AvgIpc) is 2.81. The van der Waals surface area contributed by atoms with Crippen molar-refractivity contribution in [3.8, 4) is 5.75 Å². The highest BCUT2D eigenvalue weighted by Gasteiger charge is 2.39. The summed E-state index contributed by atoms with van der Waals surface area (Å²) in [7, 11) is 1.67. The zero-order valence-corrected chi connectivity index (χ0v) is 12.5. The van der Waals surface area contributed by atoms with Crippen molar-refractivity contribution in [1.82, 2.24) is 0 Å². The molecule has 0 fully saturated rings. The first kappa shape index (κ1) is 13.9. The predicted octanol–water partition coefficient (Wildman–Crippen LogP) is 4.44. The smallest absolute Gasteiger partial charge is 0.167 e. The quantitative estimate of drug-likeness (QED) is 0.827. The van der Waals surface area contributed by atoms with Gasteiger partial charge >= 0.3 is 0 Å². The van der Waals surface area contributed by atoms with E-state index in [1.54, 1.807) is 7.11 Å². The van der Waals surface area contributed by atoms with Crippen LogP contribution < -0.4 is 4.74 Å². The minimum Gasteiger partial charge on any atom is -0.497 e. The molecule has 2 atom stereocenters. The first-order chi connectivity index (χ1) is 10.3. The minimum atomic E-state index is 0.0702. The van der Waals surface area contributed by atoms with Crippen molar-refractivity contribution in [2.45, 2.75) is 25.7 Å². The molecule has 0 saturated heterocycles. The lowest BCUT2D eigenvalue weighted by Crippen LogP contribution is -2.14. The molecule has 0 radical (unpaired) electrons. The van der Waals surface area contributed by atoms with E-state index in [2.05, 4.69) is 25.1 Å². The SMILES string of the molecule is CCC[C@H]1C(=O)c2ccccc2[C@@H]1c1ccc(OC)cc1. The molecule has 2 nitrogen and oxygen atoms in total. The van der Waals surface area contributed by atoms with Gasteiger partial charge in [-0.25, -0.2) is 0 Å². The summed E-state index contributed by atoms with van der Waals surface area (Å²) in [5.41, 5.74) is 3.27. The van der Waals surface area contributed by atoms with Crippen LogP contribution in [0.25, 0.3) is 0 Å². The molecule has 0 amide bonds. The highest BCUT2D eigenvalue weighted by atomic mass is 16.5. The standard InChI is InChI=1S/C19H20O2/c1-3-6-17-18(13-9-11-14(21-2)12-10-13)15-7-4-5-8-16(15)19(17)20/h4-5,7-12,17-18H,3,6H2,1-2H3/t17-,18+/m1/s1. The van der Waals surface area contributed by atoms with E-state index >= 15 is 0 Å². The second-order valence-corrected chi connectivity index (χ2v) is 5.60. The molecule has 3 rings (SSSR count). The van der Waals surface area contributed by atoms with Crippen molar-refractivity contribution in [3.63, 3.8) is 0 Å². The lowest BCUT2D eigenvalue weighted by Gasteiger charge is -2.19. The van der Waals surface area contributed by atoms with Crippen LogP contribution in [-0.2, 0) is 0 Å². The second kappa shape index (κ2) is 5.72. The highest BCUT2D eigenvalue weighted by molar-refractivity contribution is 6.03. The largest absolute Gasteiger partial charge is 0.497 e. The Morgan fingerprint density at radius 2 is 1.76 bits per heavy atom. The fraction of sp³-hybridized carbons (Fsp3) is 0.316. The van der Waals surface area contributed by atoms with E-state index in [1.807, 2.05) is 30.3 Å². The molecule has 1 aliphatic rings. The lowest BCUT2D eigenvalue weighted by molar-refractivity contribution is 0.0922. The van der Waals surface area contributed by atoms with Gasteiger partial charge in [-0.1, -0.05) is 49.7 Å². The molecule has 21 heavy (non-hydrogen) atoms. The van der Waals surface area contributed by atoms with E-state index in [0.717, 1.165) is 24.2 Å². The molecule has 0 heterocycles. The van der Waals surface area contributed by atoms with Gasteiger partial charge < -0.3 is 4.74 Å². The molecule has 0 unspecified atom stereocenters. The Morgan fingerprint density at radius 3 is 2.43 bits per heavy atom. The van der Waals surface area contributed by atoms with Crippen LogP contribution in [0.1, 0.15) is 47.2 Å². The maximum absolute atomic E-state index is 12.7. The summed E-state index contributed by atoms with van der Waals surface area (Å²) in [6.07, 6.45) is 1.96. The minimum absolute atomic E-state index is 0.0702. The van der Waals surface area contributed by atoms with Crippen LogP contribution in [0.4, 0.5) is 0 Å². The number of ether oxygens (including phenoxy) is 1. The number of rotatable bonds is 4. The Morgan fingerprint density at radius 1 is 1.05 bits per heavy atom. The number of Topliss-reactive ketones (excluding diaryl/α,β-unsaturated/α-hetero) is 1. The van der Waals surface area contributed by atoms with E-state index < -0.39 is 0 Å². The Bertz CT molecular complexity index is 643. The van der Waals surface area contributed by atoms with Gasteiger partial charge in [-0.2, -0.15) is 0 Å². The average molecular weight is 280 g/mol. The van der Waals surface area contributed by atoms with Crippen LogP contribution in [0.2, 0.25) is 0 Å². The molecule has 0 saturated carbocycles. The van der Waals surface area contributed by atoms with Gasteiger partial charge in [-0.3, -0.25) is 4.79 Å². The van der Waals surface area contributed by atoms with Gasteiger partial charge in [0.1, 0.15) is 5.75 Å². The third-order valence-electron chi connectivity index (χ3n) is 4.38. The monoisotopic (exact) mass is 280 g/mol. The zero-order valence-electron chi connectivity index (χ0n) is 12.5. The molecule has 0 aromatic heterocycles. The fourth-order valence-corrected chi connectivity index (χ4v) is 3.39. The summed E-state index contributed by atoms with van der Waals surface area (Å²) in [4.78, 5) is 12.7. The van der Waals surface area contributed by atoms with Gasteiger partial charge in [0, 0.05) is 17.4 Å². The first-order valence-electron chi connectivity index (χ1n) is 7.53. The van der Waals surface area contributed by atoms with Gasteiger partial charge in [-0.15, -0.1) is 0 Å². The zero-order chi connectivity index (χ0) is 14.8. The number of ketones is 1. The van der Waals surface area contributed by atoms with E-state index in [-0.39, 0.29) is 11.8 Å². The maximum Gasteiger partial charge on any atom is 0.167 e. The number of fused-ring (bicyclic) bond motifs is 1. The summed E-state index contributed by atoms with van der Waals surface area (Å²) in [6, 6.07) is 16.2. The van der Waals surface area contributed by atoms with Crippen molar-refractivity contribution in [2.75, 3.05) is 7.11 Å². The summed E-state index contributed by atoms with van der Waals surface area (Å²) in [5.74, 6) is 1.40. The Labute approximate surface area is 125 Å². The Kier molecular flexibility index (Phi) is 3.78. The summed E-state index contributed by atoms with van der Waals surface area (Å²) in [5, 5.41) is 0. The van der Waals surface area contributed by atoms with Gasteiger partial charge in [0.25, 0.3) is 0 Å². The fourth-order valence-electron chi connectivity index (χ4n) is 3.39. The van der Waals surface area contributed by atoms with Gasteiger partial charge in [0.05, 0.1) is 7.11 Å². The molecular weight excluding hydrogens is 260 g/mol. The molecule has 2 aromatic carbocycles. The molecule has 0 aliphatic heterocycles. The van der Waals surface area contributed by atoms with Gasteiger partial charge in [-0.05, 0) is 29.7 Å². The molecule has 0 spiro atoms. The van der Waals surface area contributed by atoms with E-state index in [9.17, 15) is 4.79 Å². The number of benzene rings is 2. The molecule has 1 aliphatic carbocycles. The molecule has 2 aromatic rings. The van der Waals surface area contributed by atoms with Crippen LogP contribution >= 0.6 is 0 Å². The number of methoxy groups -OCH3 is 1. The molecule has 0 bridgehead atoms. The number of hydrogen-bond donors (Lipinski definition) is 0. The summed E-state index contributed by atoms with van der Waals surface area (Å²) >= 11 is 0. The Balaban J connectivity index is 2.06. The summed E-state index contributed by atoms with van der Waals surface area (Å²) in [6.45, 7) is 2.14. The maximum atomic E-state index is 12.7. The van der Waals surface area contributed by atoms with Gasteiger partial charge in [0.15, 0.2) is 5.78 Å². The van der Waals surface area contributed by atoms with E-state index in [4.69, 9.17) is 4.74 Å². The number of carbonyl (C=O) groups excluding carboxylic acids is 1. The third kappa shape index (κ3) is 2.35.